The first-order valence-electron chi connectivity index (χ1n) is 24.7. The second-order valence-corrected chi connectivity index (χ2v) is 25.6. The number of aliphatic hydroxyl groups is 1. The summed E-state index contributed by atoms with van der Waals surface area (Å²) in [6.07, 6.45) is -15.1. The Morgan fingerprint density at radius 3 is 1.94 bits per heavy atom. The van der Waals surface area contributed by atoms with Crippen LogP contribution in [0.15, 0.2) is 96.1 Å². The molecule has 3 aromatic rings. The first-order chi connectivity index (χ1) is 37.0. The molecule has 0 spiro atoms. The summed E-state index contributed by atoms with van der Waals surface area (Å²) in [5, 5.41) is 14.2. The van der Waals surface area contributed by atoms with E-state index in [1.165, 1.54) is 46.9 Å². The second-order valence-electron chi connectivity index (χ2n) is 20.5. The van der Waals surface area contributed by atoms with Crippen LogP contribution in [0.1, 0.15) is 88.1 Å². The average molecular weight is 1220 g/mol. The van der Waals surface area contributed by atoms with Crippen molar-refractivity contribution in [1.29, 1.82) is 0 Å². The monoisotopic (exact) mass is 1220 g/mol. The van der Waals surface area contributed by atoms with Gasteiger partial charge in [0.15, 0.2) is 29.8 Å². The Morgan fingerprint density at radius 2 is 1.38 bits per heavy atom. The van der Waals surface area contributed by atoms with Crippen molar-refractivity contribution in [2.45, 2.75) is 122 Å². The molecule has 2 aliphatic heterocycles. The van der Waals surface area contributed by atoms with E-state index < -0.39 is 153 Å². The largest absolute Gasteiger partial charge is 0.508 e. The third-order valence-corrected chi connectivity index (χ3v) is 16.1. The standard InChI is InChI=1S/C54H55Cl6NO18/c1-27-34(75-46(66)40-38(30-14-10-8-11-15-30)61(47(67)72-25-53(55,56)57)44(77-40)31-18-20-33(70-7)21-19-31)23-52(69)43(78-45(65)32-16-12-9-13-17-32)41-50(6,42(64)39(74-28(2)62)37(27)49(52,4)5)35(76-48(68)73-26-54(58,59)60)22-36-51(41,24-71-36)79-29(3)63/h8-21,34-36,38-41,43-44,69H,22-26H2,1-7H3/t34-,35-,36+,38-,39+,40+,41-,43-,44+,50+,51-,52+/m0/s1. The molecule has 19 nitrogen and oxygen atoms in total. The Hall–Kier alpha value is -5.09. The van der Waals surface area contributed by atoms with Gasteiger partial charge in [-0.3, -0.25) is 19.3 Å². The molecule has 1 amide bonds. The van der Waals surface area contributed by atoms with Crippen LogP contribution in [0.3, 0.4) is 0 Å². The van der Waals surface area contributed by atoms with Crippen LogP contribution in [-0.2, 0) is 61.8 Å². The molecule has 2 saturated heterocycles. The predicted octanol–water partition coefficient (Wildman–Crippen LogP) is 9.39. The van der Waals surface area contributed by atoms with Crippen molar-refractivity contribution in [2.75, 3.05) is 26.9 Å². The fourth-order valence-electron chi connectivity index (χ4n) is 11.8. The number of hydrogen-bond acceptors (Lipinski definition) is 18. The van der Waals surface area contributed by atoms with Gasteiger partial charge in [0.25, 0.3) is 0 Å². The molecule has 3 aromatic carbocycles. The highest BCUT2D eigenvalue weighted by atomic mass is 35.6. The van der Waals surface area contributed by atoms with Gasteiger partial charge in [0, 0.05) is 37.7 Å². The normalized spacial score (nSPS) is 30.9. The molecule has 0 radical (unpaired) electrons. The number of benzene rings is 3. The maximum atomic E-state index is 16.3. The number of carbonyl (C=O) groups excluding carboxylic acids is 7. The smallest absolute Gasteiger partial charge is 0.497 e. The molecule has 2 bridgehead atoms. The van der Waals surface area contributed by atoms with Gasteiger partial charge in [-0.15, -0.1) is 0 Å². The van der Waals surface area contributed by atoms with E-state index >= 15 is 9.59 Å². The topological polar surface area (TPSA) is 235 Å². The minimum atomic E-state index is -2.57. The van der Waals surface area contributed by atoms with Crippen molar-refractivity contribution in [3.8, 4) is 5.75 Å². The molecule has 79 heavy (non-hydrogen) atoms. The summed E-state index contributed by atoms with van der Waals surface area (Å²) in [6.45, 7) is 6.04. The number of amides is 1. The summed E-state index contributed by atoms with van der Waals surface area (Å²) in [5.41, 5.74) is -7.97. The lowest BCUT2D eigenvalue weighted by molar-refractivity contribution is -0.346. The SMILES string of the molecule is COc1ccc([C@H]2O[C@@H](C(=O)O[C@H]3C[C@@]4(O)[C@@H](OC(=O)c5ccccc5)[C@@H]5[C@]6(OC(C)=O)CO[C@@H]6C[C@H](OC(=O)OCC(Cl)(Cl)Cl)[C@@]5(C)C(=O)[C@H](OC(C)=O)C(=C3C)C4(C)C)[C@H](c3ccccc3)N2C(=O)OCC(Cl)(Cl)Cl)cc1. The van der Waals surface area contributed by atoms with Gasteiger partial charge < -0.3 is 52.5 Å². The van der Waals surface area contributed by atoms with E-state index in [-0.39, 0.29) is 23.1 Å². The lowest BCUT2D eigenvalue weighted by atomic mass is 9.44. The highest BCUT2D eigenvalue weighted by molar-refractivity contribution is 6.68. The van der Waals surface area contributed by atoms with Crippen molar-refractivity contribution < 1.29 is 86.0 Å². The third-order valence-electron chi connectivity index (χ3n) is 15.5. The first kappa shape index (κ1) is 60.0. The molecule has 25 heteroatoms. The molecule has 4 fully saturated rings. The molecule has 426 valence electrons. The van der Waals surface area contributed by atoms with E-state index in [0.717, 1.165) is 18.7 Å². The Bertz CT molecular complexity index is 2880. The highest BCUT2D eigenvalue weighted by Gasteiger charge is 2.79. The van der Waals surface area contributed by atoms with Gasteiger partial charge in [0.05, 0.1) is 30.6 Å². The quantitative estimate of drug-likeness (QED) is 0.0769. The number of nitrogens with zero attached hydrogens (tertiary/aromatic N) is 1. The molecule has 1 N–H and O–H groups in total. The maximum Gasteiger partial charge on any atom is 0.508 e. The number of ether oxygens (including phenoxy) is 10. The number of fused-ring (bicyclic) bond motifs is 5. The molecule has 0 unspecified atom stereocenters. The van der Waals surface area contributed by atoms with Gasteiger partial charge in [0.1, 0.15) is 55.0 Å². The van der Waals surface area contributed by atoms with E-state index in [1.54, 1.807) is 72.8 Å². The van der Waals surface area contributed by atoms with Gasteiger partial charge in [-0.1, -0.05) is 144 Å². The van der Waals surface area contributed by atoms with Crippen molar-refractivity contribution in [1.82, 2.24) is 4.90 Å². The van der Waals surface area contributed by atoms with Gasteiger partial charge in [-0.25, -0.2) is 19.2 Å². The number of halogens is 6. The minimum absolute atomic E-state index is 0.0157. The van der Waals surface area contributed by atoms with Crippen LogP contribution in [0.25, 0.3) is 0 Å². The zero-order valence-electron chi connectivity index (χ0n) is 43.4. The molecule has 8 rings (SSSR count). The van der Waals surface area contributed by atoms with Crippen molar-refractivity contribution in [3.63, 3.8) is 0 Å². The summed E-state index contributed by atoms with van der Waals surface area (Å²) >= 11 is 35.8. The number of hydrogen-bond donors (Lipinski definition) is 1. The van der Waals surface area contributed by atoms with Crippen LogP contribution in [0.2, 0.25) is 0 Å². The average Bonchev–Trinajstić information content (AvgIpc) is 2.20. The van der Waals surface area contributed by atoms with E-state index in [4.69, 9.17) is 117 Å². The Balaban J connectivity index is 1.32. The molecule has 2 heterocycles. The van der Waals surface area contributed by atoms with Crippen LogP contribution in [0.4, 0.5) is 9.59 Å². The number of carbonyl (C=O) groups is 7. The molecular weight excluding hydrogens is 1160 g/mol. The first-order valence-corrected chi connectivity index (χ1v) is 26.9. The van der Waals surface area contributed by atoms with E-state index in [1.807, 2.05) is 0 Å². The van der Waals surface area contributed by atoms with Crippen LogP contribution in [0.5, 0.6) is 5.75 Å². The van der Waals surface area contributed by atoms with E-state index in [0.29, 0.717) is 16.9 Å². The Labute approximate surface area is 484 Å². The number of rotatable bonds is 12. The van der Waals surface area contributed by atoms with Crippen molar-refractivity contribution in [2.24, 2.45) is 16.7 Å². The minimum Gasteiger partial charge on any atom is -0.497 e. The number of alkyl halides is 6. The number of methoxy groups -OCH3 is 1. The Morgan fingerprint density at radius 1 is 0.772 bits per heavy atom. The third kappa shape index (κ3) is 11.6. The number of ketones is 1. The van der Waals surface area contributed by atoms with Crippen LogP contribution < -0.4 is 4.74 Å². The number of Topliss-reactive ketones (excluding diaryl/α,β-unsaturated/α-hetero) is 1. The second kappa shape index (κ2) is 22.7. The zero-order valence-corrected chi connectivity index (χ0v) is 48.0. The zero-order chi connectivity index (χ0) is 57.8. The van der Waals surface area contributed by atoms with Gasteiger partial charge in [-0.05, 0) is 54.8 Å². The van der Waals surface area contributed by atoms with Crippen molar-refractivity contribution >= 4 is 112 Å². The summed E-state index contributed by atoms with van der Waals surface area (Å²) < 4.78 is 55.7. The highest BCUT2D eigenvalue weighted by Crippen LogP contribution is 2.65. The summed E-state index contributed by atoms with van der Waals surface area (Å²) in [4.78, 5) is 102. The molecule has 12 atom stereocenters. The molecular formula is C54H55Cl6NO18. The van der Waals surface area contributed by atoms with E-state index in [2.05, 4.69) is 0 Å². The van der Waals surface area contributed by atoms with Crippen LogP contribution >= 0.6 is 69.6 Å². The fraction of sp³-hybridized carbons (Fsp3) is 0.500. The molecule has 2 saturated carbocycles. The van der Waals surface area contributed by atoms with Crippen molar-refractivity contribution in [3.05, 3.63) is 113 Å². The summed E-state index contributed by atoms with van der Waals surface area (Å²) in [7, 11) is 1.46. The molecule has 3 aliphatic carbocycles. The fourth-order valence-corrected chi connectivity index (χ4v) is 12.2. The maximum absolute atomic E-state index is 16.3. The number of esters is 4. The van der Waals surface area contributed by atoms with Gasteiger partial charge in [-0.2, -0.15) is 0 Å². The van der Waals surface area contributed by atoms with Crippen LogP contribution in [-0.4, -0.2) is 134 Å². The predicted molar refractivity (Wildman–Crippen MR) is 282 cm³/mol. The van der Waals surface area contributed by atoms with E-state index in [9.17, 15) is 29.1 Å². The summed E-state index contributed by atoms with van der Waals surface area (Å²) in [5.74, 6) is -6.31. The lowest BCUT2D eigenvalue weighted by Gasteiger charge is -2.67. The van der Waals surface area contributed by atoms with Gasteiger partial charge in [0.2, 0.25) is 7.59 Å². The lowest BCUT2D eigenvalue weighted by Crippen LogP contribution is -2.82. The molecule has 5 aliphatic rings. The molecule has 0 aromatic heterocycles. The summed E-state index contributed by atoms with van der Waals surface area (Å²) in [6, 6.07) is 21.0. The van der Waals surface area contributed by atoms with Gasteiger partial charge >= 0.3 is 36.1 Å². The van der Waals surface area contributed by atoms with Crippen LogP contribution in [0, 0.1) is 16.7 Å². The Kier molecular flexibility index (Phi) is 17.2.